The van der Waals surface area contributed by atoms with Gasteiger partial charge in [-0.05, 0) is 55.7 Å². The molecule has 6 nitrogen and oxygen atoms in total. The molecule has 0 aliphatic carbocycles. The zero-order valence-corrected chi connectivity index (χ0v) is 21.8. The molecule has 2 aromatic carbocycles. The summed E-state index contributed by atoms with van der Waals surface area (Å²) in [6.07, 6.45) is 4.30. The SMILES string of the molecule is CCCCc1nc(O)c(Sc2ccc(-c3cccnc3C)cc2)c(O)c1N(C)c1cccc(OC)c1. The molecule has 0 atom stereocenters. The van der Waals surface area contributed by atoms with E-state index < -0.39 is 0 Å². The molecule has 0 radical (unpaired) electrons. The Labute approximate surface area is 216 Å². The first-order valence-electron chi connectivity index (χ1n) is 12.0. The maximum atomic E-state index is 11.4. The Hall–Kier alpha value is -3.71. The van der Waals surface area contributed by atoms with E-state index in [0.717, 1.165) is 46.0 Å². The molecule has 2 aromatic heterocycles. The van der Waals surface area contributed by atoms with Crippen LogP contribution in [0.25, 0.3) is 11.1 Å². The van der Waals surface area contributed by atoms with Crippen molar-refractivity contribution in [2.75, 3.05) is 19.1 Å². The van der Waals surface area contributed by atoms with Crippen LogP contribution in [0.15, 0.2) is 76.7 Å². The highest BCUT2D eigenvalue weighted by atomic mass is 32.2. The van der Waals surface area contributed by atoms with E-state index in [1.54, 1.807) is 13.3 Å². The average molecular weight is 502 g/mol. The zero-order valence-electron chi connectivity index (χ0n) is 21.0. The number of aromatic hydroxyl groups is 2. The van der Waals surface area contributed by atoms with Gasteiger partial charge in [-0.15, -0.1) is 0 Å². The minimum Gasteiger partial charge on any atom is -0.504 e. The lowest BCUT2D eigenvalue weighted by Crippen LogP contribution is -2.14. The Morgan fingerprint density at radius 3 is 2.50 bits per heavy atom. The van der Waals surface area contributed by atoms with E-state index in [4.69, 9.17) is 4.74 Å². The molecule has 0 unspecified atom stereocenters. The Kier molecular flexibility index (Phi) is 8.00. The van der Waals surface area contributed by atoms with E-state index in [1.807, 2.05) is 79.5 Å². The van der Waals surface area contributed by atoms with Gasteiger partial charge in [0.25, 0.3) is 0 Å². The molecule has 36 heavy (non-hydrogen) atoms. The number of unbranched alkanes of at least 4 members (excludes halogenated alkanes) is 1. The first kappa shape index (κ1) is 25.4. The molecule has 4 aromatic rings. The zero-order chi connectivity index (χ0) is 25.7. The maximum Gasteiger partial charge on any atom is 0.229 e. The van der Waals surface area contributed by atoms with E-state index in [0.29, 0.717) is 22.7 Å². The lowest BCUT2D eigenvalue weighted by molar-refractivity contribution is 0.409. The molecule has 0 amide bonds. The molecule has 0 aliphatic heterocycles. The van der Waals surface area contributed by atoms with Gasteiger partial charge in [0.05, 0.1) is 12.8 Å². The highest BCUT2D eigenvalue weighted by molar-refractivity contribution is 7.99. The van der Waals surface area contributed by atoms with Crippen LogP contribution in [0.2, 0.25) is 0 Å². The lowest BCUT2D eigenvalue weighted by Gasteiger charge is -2.25. The largest absolute Gasteiger partial charge is 0.504 e. The fourth-order valence-electron chi connectivity index (χ4n) is 4.10. The summed E-state index contributed by atoms with van der Waals surface area (Å²) in [4.78, 5) is 12.0. The number of nitrogens with zero attached hydrogens (tertiary/aromatic N) is 3. The predicted molar refractivity (Wildman–Crippen MR) is 146 cm³/mol. The Morgan fingerprint density at radius 2 is 1.81 bits per heavy atom. The molecular weight excluding hydrogens is 470 g/mol. The molecule has 2 N–H and O–H groups in total. The summed E-state index contributed by atoms with van der Waals surface area (Å²) in [5.74, 6) is 0.564. The Balaban J connectivity index is 1.71. The topological polar surface area (TPSA) is 78.7 Å². The molecule has 0 saturated carbocycles. The second-order valence-electron chi connectivity index (χ2n) is 8.54. The highest BCUT2D eigenvalue weighted by Crippen LogP contribution is 2.48. The Morgan fingerprint density at radius 1 is 1.03 bits per heavy atom. The van der Waals surface area contributed by atoms with Crippen LogP contribution in [-0.4, -0.2) is 34.3 Å². The third-order valence-electron chi connectivity index (χ3n) is 6.09. The summed E-state index contributed by atoms with van der Waals surface area (Å²) in [5.41, 5.74) is 5.18. The van der Waals surface area contributed by atoms with Crippen molar-refractivity contribution in [2.45, 2.75) is 42.9 Å². The second-order valence-corrected chi connectivity index (χ2v) is 9.62. The van der Waals surface area contributed by atoms with Crippen LogP contribution in [0.5, 0.6) is 17.4 Å². The molecule has 4 rings (SSSR count). The highest BCUT2D eigenvalue weighted by Gasteiger charge is 2.24. The van der Waals surface area contributed by atoms with Crippen molar-refractivity contribution in [3.8, 4) is 28.5 Å². The molecule has 186 valence electrons. The predicted octanol–water partition coefficient (Wildman–Crippen LogP) is 7.13. The van der Waals surface area contributed by atoms with Crippen molar-refractivity contribution in [1.82, 2.24) is 9.97 Å². The van der Waals surface area contributed by atoms with E-state index in [9.17, 15) is 10.2 Å². The van der Waals surface area contributed by atoms with Gasteiger partial charge in [-0.25, -0.2) is 4.98 Å². The molecule has 0 aliphatic rings. The summed E-state index contributed by atoms with van der Waals surface area (Å²) < 4.78 is 5.38. The van der Waals surface area contributed by atoms with E-state index in [2.05, 4.69) is 16.9 Å². The average Bonchev–Trinajstić information content (AvgIpc) is 2.90. The van der Waals surface area contributed by atoms with Gasteiger partial charge in [-0.3, -0.25) is 4.98 Å². The van der Waals surface area contributed by atoms with Crippen molar-refractivity contribution in [2.24, 2.45) is 0 Å². The van der Waals surface area contributed by atoms with Crippen molar-refractivity contribution >= 4 is 23.1 Å². The van der Waals surface area contributed by atoms with Gasteiger partial charge in [0.2, 0.25) is 5.88 Å². The number of hydrogen-bond acceptors (Lipinski definition) is 7. The molecule has 0 fully saturated rings. The van der Waals surface area contributed by atoms with Gasteiger partial charge < -0.3 is 19.8 Å². The molecule has 0 spiro atoms. The Bertz CT molecular complexity index is 1340. The number of benzene rings is 2. The van der Waals surface area contributed by atoms with Gasteiger partial charge in [-0.1, -0.05) is 49.4 Å². The number of aromatic nitrogens is 2. The number of hydrogen-bond donors (Lipinski definition) is 2. The van der Waals surface area contributed by atoms with Crippen LogP contribution in [-0.2, 0) is 6.42 Å². The van der Waals surface area contributed by atoms with Crippen molar-refractivity contribution < 1.29 is 14.9 Å². The van der Waals surface area contributed by atoms with Gasteiger partial charge >= 0.3 is 0 Å². The first-order valence-corrected chi connectivity index (χ1v) is 12.8. The maximum absolute atomic E-state index is 11.4. The van der Waals surface area contributed by atoms with Gasteiger partial charge in [-0.2, -0.15) is 0 Å². The van der Waals surface area contributed by atoms with Crippen LogP contribution in [0.1, 0.15) is 31.2 Å². The summed E-state index contributed by atoms with van der Waals surface area (Å²) in [6, 6.07) is 19.6. The number of ether oxygens (including phenoxy) is 1. The summed E-state index contributed by atoms with van der Waals surface area (Å²) in [7, 11) is 3.51. The number of anilines is 2. The van der Waals surface area contributed by atoms with Crippen LogP contribution >= 0.6 is 11.8 Å². The quantitative estimate of drug-likeness (QED) is 0.252. The van der Waals surface area contributed by atoms with Crippen LogP contribution < -0.4 is 9.64 Å². The van der Waals surface area contributed by atoms with Crippen molar-refractivity contribution in [3.63, 3.8) is 0 Å². The normalized spacial score (nSPS) is 10.9. The van der Waals surface area contributed by atoms with E-state index >= 15 is 0 Å². The minimum absolute atomic E-state index is 0.0103. The van der Waals surface area contributed by atoms with Gasteiger partial charge in [0, 0.05) is 41.2 Å². The monoisotopic (exact) mass is 501 g/mol. The van der Waals surface area contributed by atoms with Gasteiger partial charge in [0.1, 0.15) is 16.3 Å². The van der Waals surface area contributed by atoms with Crippen LogP contribution in [0.3, 0.4) is 0 Å². The summed E-state index contributed by atoms with van der Waals surface area (Å²) >= 11 is 1.29. The summed E-state index contributed by atoms with van der Waals surface area (Å²) in [5, 5.41) is 22.3. The number of rotatable bonds is 9. The van der Waals surface area contributed by atoms with Crippen molar-refractivity contribution in [1.29, 1.82) is 0 Å². The van der Waals surface area contributed by atoms with E-state index in [-0.39, 0.29) is 11.6 Å². The molecule has 0 bridgehead atoms. The third kappa shape index (κ3) is 5.41. The lowest BCUT2D eigenvalue weighted by atomic mass is 10.1. The minimum atomic E-state index is -0.168. The fourth-order valence-corrected chi connectivity index (χ4v) is 4.94. The van der Waals surface area contributed by atoms with E-state index in [1.165, 1.54) is 11.8 Å². The molecule has 2 heterocycles. The smallest absolute Gasteiger partial charge is 0.229 e. The van der Waals surface area contributed by atoms with Crippen molar-refractivity contribution in [3.05, 3.63) is 78.2 Å². The number of pyridine rings is 2. The summed E-state index contributed by atoms with van der Waals surface area (Å²) in [6.45, 7) is 4.09. The van der Waals surface area contributed by atoms with Crippen LogP contribution in [0.4, 0.5) is 11.4 Å². The third-order valence-corrected chi connectivity index (χ3v) is 7.18. The molecule has 7 heteroatoms. The first-order chi connectivity index (χ1) is 17.4. The molecular formula is C29H31N3O3S. The second kappa shape index (κ2) is 11.4. The standard InChI is InChI=1S/C29H31N3O3S/c1-5-6-12-25-26(32(3)21-9-7-10-22(18-21)35-4)27(33)28(29(34)31-25)36-23-15-13-20(14-16-23)24-11-8-17-30-19(24)2/h7-11,13-18H,5-6,12H2,1-4H3,(H2,31,33,34). The van der Waals surface area contributed by atoms with Crippen LogP contribution in [0, 0.1) is 6.92 Å². The number of methoxy groups -OCH3 is 1. The number of aryl methyl sites for hydroxylation is 2. The van der Waals surface area contributed by atoms with Gasteiger partial charge in [0.15, 0.2) is 5.75 Å². The fraction of sp³-hybridized carbons (Fsp3) is 0.241. The molecule has 0 saturated heterocycles.